The van der Waals surface area contributed by atoms with E-state index in [0.29, 0.717) is 5.92 Å². The van der Waals surface area contributed by atoms with E-state index in [1.807, 2.05) is 4.90 Å². The van der Waals surface area contributed by atoms with Crippen molar-refractivity contribution in [2.75, 3.05) is 39.3 Å². The Balaban J connectivity index is 1.03. The highest BCUT2D eigenvalue weighted by atomic mass is 17.2. The normalized spacial score (nSPS) is 43.9. The second kappa shape index (κ2) is 8.66. The number of nitrogens with two attached hydrogens (primary N) is 1. The summed E-state index contributed by atoms with van der Waals surface area (Å²) in [5.74, 6) is 1.87. The molecule has 0 atom stereocenters. The van der Waals surface area contributed by atoms with Gasteiger partial charge < -0.3 is 15.7 Å². The zero-order valence-corrected chi connectivity index (χ0v) is 18.2. The zero-order valence-electron chi connectivity index (χ0n) is 18.2. The van der Waals surface area contributed by atoms with E-state index in [1.54, 1.807) is 0 Å². The third-order valence-corrected chi connectivity index (χ3v) is 8.84. The zero-order chi connectivity index (χ0) is 20.7. The maximum Gasteiger partial charge on any atom is 0.236 e. The van der Waals surface area contributed by atoms with E-state index < -0.39 is 5.79 Å². The lowest BCUT2D eigenvalue weighted by atomic mass is 9.53. The lowest BCUT2D eigenvalue weighted by molar-refractivity contribution is -0.481. The number of carbonyl (C=O) groups is 1. The first-order valence-electron chi connectivity index (χ1n) is 12.3. The maximum atomic E-state index is 11.7. The minimum absolute atomic E-state index is 0.0631. The molecule has 170 valence electrons. The van der Waals surface area contributed by atoms with Gasteiger partial charge in [0.15, 0.2) is 0 Å². The summed E-state index contributed by atoms with van der Waals surface area (Å²) in [6, 6.07) is 0. The third-order valence-electron chi connectivity index (χ3n) is 8.84. The minimum atomic E-state index is -1.04. The minimum Gasteiger partial charge on any atom is -0.363 e. The van der Waals surface area contributed by atoms with E-state index in [2.05, 4.69) is 4.90 Å². The van der Waals surface area contributed by atoms with Crippen LogP contribution in [0.2, 0.25) is 0 Å². The quantitative estimate of drug-likeness (QED) is 0.386. The number of piperazine rings is 1. The van der Waals surface area contributed by atoms with Crippen molar-refractivity contribution in [2.45, 2.75) is 69.7 Å². The molecule has 6 fully saturated rings. The van der Waals surface area contributed by atoms with Gasteiger partial charge >= 0.3 is 0 Å². The fraction of sp³-hybridized carbons (Fsp3) is 0.957. The van der Waals surface area contributed by atoms with Crippen LogP contribution in [0.25, 0.3) is 0 Å². The standard InChI is InChI=1S/C23H39N3O4/c24-14-22(27)26-7-5-25(6-8-26)15-16-1-3-21(4-2-16)29-30-23(28)19-10-17-9-18(12-19)13-20(23)11-17/h16-21,28H,1-15,24H2. The first-order chi connectivity index (χ1) is 14.5. The number of nitrogens with zero attached hydrogens (tertiary/aromatic N) is 2. The van der Waals surface area contributed by atoms with Gasteiger partial charge in [-0.3, -0.25) is 9.69 Å². The molecule has 5 aliphatic carbocycles. The molecule has 0 spiro atoms. The van der Waals surface area contributed by atoms with Crippen LogP contribution in [0.3, 0.4) is 0 Å². The third kappa shape index (κ3) is 4.16. The molecule has 0 unspecified atom stereocenters. The average molecular weight is 422 g/mol. The highest BCUT2D eigenvalue weighted by Gasteiger charge is 2.58. The van der Waals surface area contributed by atoms with Gasteiger partial charge in [-0.05, 0) is 75.5 Å². The van der Waals surface area contributed by atoms with Crippen molar-refractivity contribution in [1.29, 1.82) is 0 Å². The molecule has 7 nitrogen and oxygen atoms in total. The summed E-state index contributed by atoms with van der Waals surface area (Å²) >= 11 is 0. The molecular weight excluding hydrogens is 382 g/mol. The van der Waals surface area contributed by atoms with Gasteiger partial charge in [-0.25, -0.2) is 9.78 Å². The predicted octanol–water partition coefficient (Wildman–Crippen LogP) is 1.74. The van der Waals surface area contributed by atoms with Crippen LogP contribution in [0.1, 0.15) is 57.8 Å². The van der Waals surface area contributed by atoms with Crippen molar-refractivity contribution in [3.8, 4) is 0 Å². The Hall–Kier alpha value is -0.730. The molecule has 1 aliphatic heterocycles. The lowest BCUT2D eigenvalue weighted by Crippen LogP contribution is -2.59. The largest absolute Gasteiger partial charge is 0.363 e. The van der Waals surface area contributed by atoms with Crippen LogP contribution in [-0.2, 0) is 14.6 Å². The second-order valence-electron chi connectivity index (χ2n) is 10.8. The molecule has 1 amide bonds. The number of hydrogen-bond acceptors (Lipinski definition) is 6. The molecule has 1 saturated heterocycles. The molecule has 1 heterocycles. The van der Waals surface area contributed by atoms with Gasteiger partial charge in [0.1, 0.15) is 0 Å². The van der Waals surface area contributed by atoms with Crippen molar-refractivity contribution in [3.63, 3.8) is 0 Å². The van der Waals surface area contributed by atoms with Gasteiger partial charge in [0.25, 0.3) is 0 Å². The summed E-state index contributed by atoms with van der Waals surface area (Å²) in [7, 11) is 0. The van der Waals surface area contributed by atoms with Gasteiger partial charge in [-0.1, -0.05) is 0 Å². The van der Waals surface area contributed by atoms with Crippen LogP contribution in [0.15, 0.2) is 0 Å². The number of amides is 1. The summed E-state index contributed by atoms with van der Waals surface area (Å²) in [5, 5.41) is 11.3. The Morgan fingerprint density at radius 3 is 2.10 bits per heavy atom. The summed E-state index contributed by atoms with van der Waals surface area (Å²) in [5.41, 5.74) is 5.47. The first-order valence-corrected chi connectivity index (χ1v) is 12.3. The molecule has 4 bridgehead atoms. The average Bonchev–Trinajstić information content (AvgIpc) is 2.76. The Labute approximate surface area is 180 Å². The fourth-order valence-electron chi connectivity index (χ4n) is 7.23. The smallest absolute Gasteiger partial charge is 0.236 e. The molecule has 6 rings (SSSR count). The van der Waals surface area contributed by atoms with E-state index >= 15 is 0 Å². The van der Waals surface area contributed by atoms with Crippen LogP contribution < -0.4 is 5.73 Å². The fourth-order valence-corrected chi connectivity index (χ4v) is 7.23. The van der Waals surface area contributed by atoms with Gasteiger partial charge in [-0.15, -0.1) is 0 Å². The lowest BCUT2D eigenvalue weighted by Gasteiger charge is -2.57. The highest BCUT2D eigenvalue weighted by molar-refractivity contribution is 5.78. The van der Waals surface area contributed by atoms with Crippen LogP contribution in [0.5, 0.6) is 0 Å². The maximum absolute atomic E-state index is 11.7. The Bertz CT molecular complexity index is 586. The molecule has 0 aromatic heterocycles. The summed E-state index contributed by atoms with van der Waals surface area (Å²) in [6.07, 6.45) is 10.2. The van der Waals surface area contributed by atoms with Gasteiger partial charge in [0.2, 0.25) is 11.7 Å². The Morgan fingerprint density at radius 1 is 0.933 bits per heavy atom. The molecule has 0 aromatic rings. The van der Waals surface area contributed by atoms with Crippen LogP contribution in [-0.4, -0.2) is 72.0 Å². The van der Waals surface area contributed by atoms with Crippen molar-refractivity contribution < 1.29 is 19.7 Å². The van der Waals surface area contributed by atoms with E-state index in [9.17, 15) is 9.90 Å². The number of hydrogen-bond donors (Lipinski definition) is 2. The van der Waals surface area contributed by atoms with Gasteiger partial charge in [-0.2, -0.15) is 0 Å². The molecule has 5 saturated carbocycles. The molecule has 30 heavy (non-hydrogen) atoms. The van der Waals surface area contributed by atoms with E-state index in [-0.39, 0.29) is 30.4 Å². The summed E-state index contributed by atoms with van der Waals surface area (Å²) in [6.45, 7) is 4.71. The van der Waals surface area contributed by atoms with Crippen molar-refractivity contribution in [2.24, 2.45) is 35.3 Å². The van der Waals surface area contributed by atoms with E-state index in [4.69, 9.17) is 15.5 Å². The van der Waals surface area contributed by atoms with E-state index in [0.717, 1.165) is 95.9 Å². The topological polar surface area (TPSA) is 88.3 Å². The summed E-state index contributed by atoms with van der Waals surface area (Å²) in [4.78, 5) is 27.8. The number of rotatable bonds is 6. The molecule has 6 aliphatic rings. The van der Waals surface area contributed by atoms with Crippen LogP contribution >= 0.6 is 0 Å². The Kier molecular flexibility index (Phi) is 6.10. The molecule has 7 heteroatoms. The van der Waals surface area contributed by atoms with Crippen molar-refractivity contribution in [1.82, 2.24) is 9.80 Å². The SMILES string of the molecule is NCC(=O)N1CCN(CC2CCC(OOC3(O)C4CC5CC(C4)CC3C5)CC2)CC1. The highest BCUT2D eigenvalue weighted by Crippen LogP contribution is 2.58. The molecule has 3 N–H and O–H groups in total. The van der Waals surface area contributed by atoms with Crippen LogP contribution in [0.4, 0.5) is 0 Å². The summed E-state index contributed by atoms with van der Waals surface area (Å²) < 4.78 is 0. The molecular formula is C23H39N3O4. The first kappa shape index (κ1) is 21.1. The molecule has 0 radical (unpaired) electrons. The van der Waals surface area contributed by atoms with Crippen molar-refractivity contribution >= 4 is 5.91 Å². The number of carbonyl (C=O) groups excluding carboxylic acids is 1. The monoisotopic (exact) mass is 421 g/mol. The number of aliphatic hydroxyl groups is 1. The van der Waals surface area contributed by atoms with Crippen LogP contribution in [0, 0.1) is 29.6 Å². The van der Waals surface area contributed by atoms with Gasteiger partial charge in [0.05, 0.1) is 12.6 Å². The van der Waals surface area contributed by atoms with E-state index in [1.165, 1.54) is 6.42 Å². The predicted molar refractivity (Wildman–Crippen MR) is 112 cm³/mol. The van der Waals surface area contributed by atoms with Gasteiger partial charge in [0, 0.05) is 44.6 Å². The molecule has 0 aromatic carbocycles. The van der Waals surface area contributed by atoms with Crippen molar-refractivity contribution in [3.05, 3.63) is 0 Å². The Morgan fingerprint density at radius 2 is 1.53 bits per heavy atom. The second-order valence-corrected chi connectivity index (χ2v) is 10.8.